The van der Waals surface area contributed by atoms with E-state index in [-0.39, 0.29) is 9.76 Å². The summed E-state index contributed by atoms with van der Waals surface area (Å²) in [6.45, 7) is 15.0. The average Bonchev–Trinajstić information content (AvgIpc) is 2.36. The third-order valence-corrected chi connectivity index (χ3v) is 7.03. The van der Waals surface area contributed by atoms with Crippen LogP contribution in [0.4, 0.5) is 0 Å². The van der Waals surface area contributed by atoms with Crippen molar-refractivity contribution >= 4 is 9.76 Å². The number of hydrogen-bond acceptors (Lipinski definition) is 1. The molecule has 0 rings (SSSR count). The fourth-order valence-corrected chi connectivity index (χ4v) is 4.13. The summed E-state index contributed by atoms with van der Waals surface area (Å²) in [5.74, 6) is 2.52. The minimum atomic E-state index is -0.342. The normalized spacial score (nSPS) is 19.4. The van der Waals surface area contributed by atoms with Crippen LogP contribution in [0.1, 0.15) is 67.2 Å². The molecule has 1 nitrogen and oxygen atoms in total. The lowest BCUT2D eigenvalue weighted by molar-refractivity contribution is 0.269. The molecule has 0 aromatic rings. The first-order valence-electron chi connectivity index (χ1n) is 7.64. The van der Waals surface area contributed by atoms with E-state index in [1.807, 2.05) is 0 Å². The molecule has 0 aliphatic heterocycles. The van der Waals surface area contributed by atoms with Crippen LogP contribution < -0.4 is 0 Å². The molecule has 3 atom stereocenters. The molecule has 0 spiro atoms. The zero-order valence-corrected chi connectivity index (χ0v) is 14.4. The second-order valence-electron chi connectivity index (χ2n) is 5.81. The molecule has 2 heteroatoms. The van der Waals surface area contributed by atoms with E-state index in [4.69, 9.17) is 4.43 Å². The van der Waals surface area contributed by atoms with Crippen LogP contribution in [-0.4, -0.2) is 16.4 Å². The molecule has 0 aromatic carbocycles. The van der Waals surface area contributed by atoms with Gasteiger partial charge in [0.1, 0.15) is 0 Å². The predicted molar refractivity (Wildman–Crippen MR) is 81.2 cm³/mol. The Morgan fingerprint density at radius 1 is 0.882 bits per heavy atom. The lowest BCUT2D eigenvalue weighted by atomic mass is 9.93. The highest BCUT2D eigenvalue weighted by Gasteiger charge is 2.22. The second kappa shape index (κ2) is 10.1. The number of hydrogen-bond donors (Lipinski definition) is 0. The molecular formula is C15H34OSi. The van der Waals surface area contributed by atoms with Gasteiger partial charge in [-0.3, -0.25) is 0 Å². The van der Waals surface area contributed by atoms with Crippen molar-refractivity contribution in [3.05, 3.63) is 0 Å². The third-order valence-electron chi connectivity index (χ3n) is 4.51. The molecule has 0 N–H and O–H groups in total. The summed E-state index contributed by atoms with van der Waals surface area (Å²) in [4.78, 5) is 0. The monoisotopic (exact) mass is 258 g/mol. The van der Waals surface area contributed by atoms with Crippen LogP contribution in [0.15, 0.2) is 0 Å². The molecule has 0 bridgehead atoms. The van der Waals surface area contributed by atoms with Crippen LogP contribution in [0, 0.1) is 17.8 Å². The van der Waals surface area contributed by atoms with Crippen LogP contribution in [0.3, 0.4) is 0 Å². The molecule has 0 saturated heterocycles. The summed E-state index contributed by atoms with van der Waals surface area (Å²) in [5.41, 5.74) is 0.877. The Bertz CT molecular complexity index is 162. The van der Waals surface area contributed by atoms with Gasteiger partial charge in [-0.1, -0.05) is 60.8 Å². The maximum absolute atomic E-state index is 6.05. The van der Waals surface area contributed by atoms with Gasteiger partial charge >= 0.3 is 0 Å². The van der Waals surface area contributed by atoms with Gasteiger partial charge < -0.3 is 4.43 Å². The summed E-state index contributed by atoms with van der Waals surface area (Å²) in [7, 11) is -0.342. The maximum Gasteiger partial charge on any atom is 0.165 e. The van der Waals surface area contributed by atoms with E-state index >= 15 is 0 Å². The molecule has 0 saturated carbocycles. The molecule has 3 unspecified atom stereocenters. The Balaban J connectivity index is 3.92. The van der Waals surface area contributed by atoms with E-state index in [1.165, 1.54) is 25.7 Å². The fraction of sp³-hybridized carbons (Fsp3) is 1.00. The highest BCUT2D eigenvalue weighted by molar-refractivity contribution is 6.29. The van der Waals surface area contributed by atoms with Crippen molar-refractivity contribution in [2.45, 2.75) is 72.8 Å². The van der Waals surface area contributed by atoms with Crippen molar-refractivity contribution in [3.8, 4) is 0 Å². The maximum atomic E-state index is 6.05. The molecule has 0 amide bonds. The Morgan fingerprint density at radius 3 is 1.82 bits per heavy atom. The topological polar surface area (TPSA) is 9.23 Å². The van der Waals surface area contributed by atoms with Crippen molar-refractivity contribution in [3.63, 3.8) is 0 Å². The number of rotatable bonds is 10. The van der Waals surface area contributed by atoms with Gasteiger partial charge in [0.2, 0.25) is 0 Å². The molecule has 0 heterocycles. The average molecular weight is 259 g/mol. The molecular weight excluding hydrogens is 224 g/mol. The molecule has 0 fully saturated rings. The first-order chi connectivity index (χ1) is 8.06. The van der Waals surface area contributed by atoms with Crippen LogP contribution in [-0.2, 0) is 4.43 Å². The highest BCUT2D eigenvalue weighted by Crippen LogP contribution is 2.30. The first-order valence-corrected chi connectivity index (χ1v) is 9.03. The minimum absolute atomic E-state index is 0.342. The van der Waals surface area contributed by atoms with Gasteiger partial charge in [0.05, 0.1) is 0 Å². The molecule has 0 aliphatic rings. The quantitative estimate of drug-likeness (QED) is 0.417. The van der Waals surface area contributed by atoms with Crippen LogP contribution in [0.2, 0.25) is 5.54 Å². The molecule has 104 valence electrons. The highest BCUT2D eigenvalue weighted by atomic mass is 28.2. The van der Waals surface area contributed by atoms with E-state index in [0.29, 0.717) is 0 Å². The van der Waals surface area contributed by atoms with Crippen molar-refractivity contribution < 1.29 is 4.43 Å². The molecule has 0 radical (unpaired) electrons. The zero-order valence-electron chi connectivity index (χ0n) is 13.0. The molecule has 0 aromatic heterocycles. The van der Waals surface area contributed by atoms with Gasteiger partial charge in [0.25, 0.3) is 0 Å². The second-order valence-corrected chi connectivity index (χ2v) is 7.50. The summed E-state index contributed by atoms with van der Waals surface area (Å²) >= 11 is 0. The standard InChI is InChI=1S/C15H34OSi/c1-7-12(4)10-11-16-17-15(13(5)8-2)14(6)9-3/h12-15H,7-11,17H2,1-6H3. The van der Waals surface area contributed by atoms with Gasteiger partial charge in [-0.25, -0.2) is 0 Å². The lowest BCUT2D eigenvalue weighted by Crippen LogP contribution is -2.22. The summed E-state index contributed by atoms with van der Waals surface area (Å²) < 4.78 is 6.05. The van der Waals surface area contributed by atoms with Crippen LogP contribution in [0.5, 0.6) is 0 Å². The van der Waals surface area contributed by atoms with E-state index in [2.05, 4.69) is 41.5 Å². The van der Waals surface area contributed by atoms with E-state index < -0.39 is 0 Å². The Kier molecular flexibility index (Phi) is 10.2. The molecule has 17 heavy (non-hydrogen) atoms. The largest absolute Gasteiger partial charge is 0.424 e. The van der Waals surface area contributed by atoms with Crippen LogP contribution in [0.25, 0.3) is 0 Å². The van der Waals surface area contributed by atoms with E-state index in [1.54, 1.807) is 0 Å². The van der Waals surface area contributed by atoms with Gasteiger partial charge in [0, 0.05) is 6.61 Å². The lowest BCUT2D eigenvalue weighted by Gasteiger charge is -2.28. The Labute approximate surface area is 112 Å². The minimum Gasteiger partial charge on any atom is -0.424 e. The third kappa shape index (κ3) is 7.25. The van der Waals surface area contributed by atoms with E-state index in [9.17, 15) is 0 Å². The Morgan fingerprint density at radius 2 is 1.41 bits per heavy atom. The summed E-state index contributed by atoms with van der Waals surface area (Å²) in [6, 6.07) is 0. The van der Waals surface area contributed by atoms with Crippen molar-refractivity contribution in [2.75, 3.05) is 6.61 Å². The van der Waals surface area contributed by atoms with Gasteiger partial charge in [-0.15, -0.1) is 0 Å². The van der Waals surface area contributed by atoms with Gasteiger partial charge in [-0.2, -0.15) is 0 Å². The summed E-state index contributed by atoms with van der Waals surface area (Å²) in [6.07, 6.45) is 5.13. The molecule has 0 aliphatic carbocycles. The smallest absolute Gasteiger partial charge is 0.165 e. The Hall–Kier alpha value is 0.177. The van der Waals surface area contributed by atoms with Gasteiger partial charge in [-0.05, 0) is 29.7 Å². The summed E-state index contributed by atoms with van der Waals surface area (Å²) in [5, 5.41) is 0. The van der Waals surface area contributed by atoms with Crippen molar-refractivity contribution in [1.82, 2.24) is 0 Å². The van der Waals surface area contributed by atoms with Crippen molar-refractivity contribution in [2.24, 2.45) is 17.8 Å². The van der Waals surface area contributed by atoms with Crippen LogP contribution >= 0.6 is 0 Å². The fourth-order valence-electron chi connectivity index (χ4n) is 2.20. The van der Waals surface area contributed by atoms with Gasteiger partial charge in [0.15, 0.2) is 9.76 Å². The van der Waals surface area contributed by atoms with Crippen molar-refractivity contribution in [1.29, 1.82) is 0 Å². The van der Waals surface area contributed by atoms with E-state index in [0.717, 1.165) is 29.9 Å². The predicted octanol–water partition coefficient (Wildman–Crippen LogP) is 4.40. The first kappa shape index (κ1) is 17.2. The SMILES string of the molecule is CCC(C)CCO[SiH2]C(C(C)CC)C(C)CC. The zero-order chi connectivity index (χ0) is 13.3.